The summed E-state index contributed by atoms with van der Waals surface area (Å²) in [5, 5.41) is 48.6. The summed E-state index contributed by atoms with van der Waals surface area (Å²) >= 11 is 0. The number of carbonyl (C=O) groups excluding carboxylic acids is 8. The molecule has 0 fully saturated rings. The van der Waals surface area contributed by atoms with E-state index in [2.05, 4.69) is 42.8 Å². The Kier molecular flexibility index (Phi) is 28.5. The molecule has 0 bridgehead atoms. The van der Waals surface area contributed by atoms with Crippen LogP contribution in [0, 0.1) is 0 Å². The number of aliphatic carboxylic acids is 2. The number of amides is 8. The number of nitrogens with two attached hydrogens (primary N) is 2. The molecule has 0 spiro atoms. The molecule has 8 amide bonds. The molecule has 0 aliphatic carbocycles. The molecule has 16 N–H and O–H groups in total. The lowest BCUT2D eigenvalue weighted by Crippen LogP contribution is -2.53. The van der Waals surface area contributed by atoms with Gasteiger partial charge in [0.2, 0.25) is 47.3 Å². The highest BCUT2D eigenvalue weighted by molar-refractivity contribution is 5.93. The fourth-order valence-electron chi connectivity index (χ4n) is 6.76. The number of benzene rings is 4. The molecule has 4 aromatic carbocycles. The van der Waals surface area contributed by atoms with Crippen molar-refractivity contribution in [1.82, 2.24) is 42.8 Å². The van der Waals surface area contributed by atoms with Crippen molar-refractivity contribution in [1.29, 1.82) is 0 Å². The average Bonchev–Trinajstić information content (AvgIpc) is 3.42. The molecule has 0 aliphatic heterocycles. The first-order valence-corrected chi connectivity index (χ1v) is 24.4. The van der Waals surface area contributed by atoms with Gasteiger partial charge in [0, 0.05) is 24.9 Å². The molecule has 6 atom stereocenters. The second-order valence-electron chi connectivity index (χ2n) is 17.9. The van der Waals surface area contributed by atoms with E-state index in [9.17, 15) is 74.9 Å². The highest BCUT2D eigenvalue weighted by Crippen LogP contribution is 2.15. The summed E-state index contributed by atoms with van der Waals surface area (Å²) < 4.78 is 63.5. The number of halogens is 6. The van der Waals surface area contributed by atoms with Crippen LogP contribution in [0.25, 0.3) is 0 Å². The number of hydrazine groups is 1. The molecular formula is C52H62F6N10O14. The third-order valence-electron chi connectivity index (χ3n) is 10.9. The van der Waals surface area contributed by atoms with Gasteiger partial charge < -0.3 is 63.8 Å². The number of carbonyl (C=O) groups is 10. The van der Waals surface area contributed by atoms with Crippen molar-refractivity contribution in [2.24, 2.45) is 11.5 Å². The van der Waals surface area contributed by atoms with E-state index in [1.165, 1.54) is 38.1 Å². The van der Waals surface area contributed by atoms with Crippen molar-refractivity contribution in [2.75, 3.05) is 13.1 Å². The fraction of sp³-hybridized carbons (Fsp3) is 0.346. The van der Waals surface area contributed by atoms with Crippen molar-refractivity contribution < 1.29 is 94.7 Å². The Hall–Kier alpha value is -9.32. The lowest BCUT2D eigenvalue weighted by molar-refractivity contribution is -0.193. The van der Waals surface area contributed by atoms with E-state index in [0.717, 1.165) is 11.1 Å². The van der Waals surface area contributed by atoms with Gasteiger partial charge in [0.15, 0.2) is 0 Å². The predicted octanol–water partition coefficient (Wildman–Crippen LogP) is 0.429. The Labute approximate surface area is 464 Å². The minimum Gasteiger partial charge on any atom is -0.508 e. The van der Waals surface area contributed by atoms with Gasteiger partial charge in [-0.2, -0.15) is 26.3 Å². The van der Waals surface area contributed by atoms with Gasteiger partial charge in [0.05, 0.1) is 25.2 Å². The first-order chi connectivity index (χ1) is 38.3. The molecule has 4 aromatic rings. The zero-order valence-electron chi connectivity index (χ0n) is 43.8. The third-order valence-corrected chi connectivity index (χ3v) is 10.9. The smallest absolute Gasteiger partial charge is 0.490 e. The number of hydrogen-bond donors (Lipinski definition) is 14. The molecule has 82 heavy (non-hydrogen) atoms. The Morgan fingerprint density at radius 3 is 0.988 bits per heavy atom. The maximum atomic E-state index is 13.2. The fourth-order valence-corrected chi connectivity index (χ4v) is 6.76. The lowest BCUT2D eigenvalue weighted by atomic mass is 10.0. The largest absolute Gasteiger partial charge is 0.508 e. The average molecular weight is 1170 g/mol. The molecule has 0 unspecified atom stereocenters. The van der Waals surface area contributed by atoms with E-state index in [0.29, 0.717) is 11.1 Å². The van der Waals surface area contributed by atoms with Crippen LogP contribution in [0.5, 0.6) is 11.5 Å². The van der Waals surface area contributed by atoms with Crippen LogP contribution in [-0.2, 0) is 73.6 Å². The molecule has 0 heterocycles. The molecule has 30 heteroatoms. The number of carboxylic acid groups (broad SMARTS) is 2. The third kappa shape index (κ3) is 28.5. The van der Waals surface area contributed by atoms with Gasteiger partial charge >= 0.3 is 24.3 Å². The molecule has 4 rings (SSSR count). The van der Waals surface area contributed by atoms with Crippen LogP contribution in [0.15, 0.2) is 109 Å². The van der Waals surface area contributed by atoms with Gasteiger partial charge in [0.1, 0.15) is 23.6 Å². The second kappa shape index (κ2) is 34.0. The zero-order chi connectivity index (χ0) is 61.7. The van der Waals surface area contributed by atoms with E-state index in [1.807, 2.05) is 12.1 Å². The quantitative estimate of drug-likeness (QED) is 0.0334. The molecule has 446 valence electrons. The van der Waals surface area contributed by atoms with Crippen LogP contribution < -0.4 is 54.2 Å². The molecule has 0 saturated heterocycles. The van der Waals surface area contributed by atoms with Crippen molar-refractivity contribution in [3.8, 4) is 11.5 Å². The van der Waals surface area contributed by atoms with Gasteiger partial charge in [-0.05, 0) is 86.1 Å². The summed E-state index contributed by atoms with van der Waals surface area (Å²) in [6.45, 7) is 1.91. The van der Waals surface area contributed by atoms with E-state index in [4.69, 9.17) is 31.3 Å². The monoisotopic (exact) mass is 1160 g/mol. The van der Waals surface area contributed by atoms with Crippen LogP contribution in [0.1, 0.15) is 48.9 Å². The van der Waals surface area contributed by atoms with Crippen molar-refractivity contribution in [2.45, 2.75) is 101 Å². The van der Waals surface area contributed by atoms with Crippen LogP contribution in [0.2, 0.25) is 0 Å². The number of nitrogens with one attached hydrogen (secondary N) is 8. The minimum absolute atomic E-state index is 0.0671. The topological polar surface area (TPSA) is 400 Å². The molecule has 0 aromatic heterocycles. The number of aromatic hydroxyl groups is 2. The van der Waals surface area contributed by atoms with Crippen molar-refractivity contribution >= 4 is 59.2 Å². The first-order valence-electron chi connectivity index (χ1n) is 24.4. The van der Waals surface area contributed by atoms with E-state index in [1.54, 1.807) is 72.8 Å². The predicted molar refractivity (Wildman–Crippen MR) is 278 cm³/mol. The van der Waals surface area contributed by atoms with Crippen LogP contribution in [-0.4, -0.2) is 141 Å². The number of rotatable bonds is 24. The number of phenols is 2. The van der Waals surface area contributed by atoms with Crippen molar-refractivity contribution in [3.63, 3.8) is 0 Å². The maximum absolute atomic E-state index is 13.2. The minimum atomic E-state index is -5.08. The van der Waals surface area contributed by atoms with Crippen molar-refractivity contribution in [3.05, 3.63) is 131 Å². The van der Waals surface area contributed by atoms with E-state index >= 15 is 0 Å². The number of alkyl halides is 6. The Morgan fingerprint density at radius 1 is 0.427 bits per heavy atom. The zero-order valence-corrected chi connectivity index (χ0v) is 43.8. The van der Waals surface area contributed by atoms with Gasteiger partial charge in [-0.25, -0.2) is 9.59 Å². The van der Waals surface area contributed by atoms with Crippen LogP contribution in [0.3, 0.4) is 0 Å². The summed E-state index contributed by atoms with van der Waals surface area (Å²) in [4.78, 5) is 121. The summed E-state index contributed by atoms with van der Waals surface area (Å²) in [6.07, 6.45) is -9.98. The molecule has 0 radical (unpaired) electrons. The normalized spacial score (nSPS) is 13.0. The van der Waals surface area contributed by atoms with Gasteiger partial charge in [-0.15, -0.1) is 0 Å². The molecule has 0 saturated carbocycles. The van der Waals surface area contributed by atoms with E-state index < -0.39 is 121 Å². The molecular weight excluding hydrogens is 1100 g/mol. The maximum Gasteiger partial charge on any atom is 0.490 e. The summed E-state index contributed by atoms with van der Waals surface area (Å²) in [5.41, 5.74) is 19.7. The van der Waals surface area contributed by atoms with Gasteiger partial charge in [-0.3, -0.25) is 49.2 Å². The second-order valence-corrected chi connectivity index (χ2v) is 17.9. The Morgan fingerprint density at radius 2 is 0.707 bits per heavy atom. The Balaban J connectivity index is 0.00000145. The van der Waals surface area contributed by atoms with Gasteiger partial charge in [-0.1, -0.05) is 84.9 Å². The van der Waals surface area contributed by atoms with E-state index in [-0.39, 0.29) is 50.0 Å². The number of carboxylic acids is 2. The number of phenolic OH excluding ortho intramolecular Hbond substituents is 2. The first kappa shape index (κ1) is 68.8. The highest BCUT2D eigenvalue weighted by Gasteiger charge is 2.39. The van der Waals surface area contributed by atoms with Gasteiger partial charge in [0.25, 0.3) is 0 Å². The highest BCUT2D eigenvalue weighted by atomic mass is 19.4. The summed E-state index contributed by atoms with van der Waals surface area (Å²) in [5.74, 6) is -10.4. The van der Waals surface area contributed by atoms with Crippen LogP contribution >= 0.6 is 0 Å². The molecule has 24 nitrogen and oxygen atoms in total. The standard InChI is InChI=1S/C48H60N10O10.2C2HF3O2/c1-29(53-47(67)39(49)23-33-13-17-37(59)18-14-33)45(65)51-27-43(63)55-35(21-31-9-5-3-6-10-31)25-41(61)57-58-42(62)26-36(22-32-11-7-4-8-12-32)56-44(64)28-52-46(66)30(2)54-48(68)40(50)24-34-15-19-38(60)20-16-34;2*3-2(4,5)1(6)7/h3-20,29-30,35-36,39-40,59-60H,21-28,49-50H2,1-2H3,(H,51,65)(H,52,66)(H,53,67)(H,54,68)(H,55,63)(H,56,64)(H,57,61)(H,58,62);2*(H,6,7)/t29-,30-,35+,36+,39+,40+;;/m1../s1. The Bertz CT molecular complexity index is 2580. The lowest BCUT2D eigenvalue weighted by Gasteiger charge is -2.21. The molecule has 0 aliphatic rings. The summed E-state index contributed by atoms with van der Waals surface area (Å²) in [6, 6.07) is 24.8. The summed E-state index contributed by atoms with van der Waals surface area (Å²) in [7, 11) is 0. The number of hydrogen-bond acceptors (Lipinski definition) is 14. The SMILES string of the molecule is C[C@@H](NC(=O)[C@@H](N)Cc1ccc(O)cc1)C(=O)NCC(=O)N[C@H](CC(=O)NNC(=O)C[C@H](Cc1ccccc1)NC(=O)CNC(=O)[C@@H](C)NC(=O)[C@@H](N)Cc1ccc(O)cc1)Cc1ccccc1.O=C(O)C(F)(F)F.O=C(O)C(F)(F)F. The van der Waals surface area contributed by atoms with Crippen LogP contribution in [0.4, 0.5) is 26.3 Å².